The van der Waals surface area contributed by atoms with E-state index in [4.69, 9.17) is 0 Å². The molecule has 0 saturated carbocycles. The molecule has 0 atom stereocenters. The summed E-state index contributed by atoms with van der Waals surface area (Å²) in [5.74, 6) is 0. The molecule has 0 fully saturated rings. The molecule has 7 aromatic rings. The maximum atomic E-state index is 3.57. The van der Waals surface area contributed by atoms with Gasteiger partial charge in [-0.15, -0.1) is 22.7 Å². The van der Waals surface area contributed by atoms with Gasteiger partial charge in [-0.2, -0.15) is 0 Å². The maximum Gasteiger partial charge on any atom is 0.0434 e. The standard InChI is InChI=1S/C30H17BrS2/c31-19-16-14-18(15-17-19)20-7-3-9-23-25-11-5-12-26(30(25)33-28(20)23)24-10-4-8-22-21-6-1-2-13-27(21)32-29(22)24/h1-17H. The molecule has 0 amide bonds. The fourth-order valence-corrected chi connectivity index (χ4v) is 7.71. The average Bonchev–Trinajstić information content (AvgIpc) is 3.43. The van der Waals surface area contributed by atoms with Gasteiger partial charge in [-0.25, -0.2) is 0 Å². The summed E-state index contributed by atoms with van der Waals surface area (Å²) in [6, 6.07) is 37.6. The van der Waals surface area contributed by atoms with Crippen LogP contribution in [0.15, 0.2) is 108 Å². The van der Waals surface area contributed by atoms with Crippen molar-refractivity contribution < 1.29 is 0 Å². The van der Waals surface area contributed by atoms with E-state index in [1.54, 1.807) is 0 Å². The van der Waals surface area contributed by atoms with E-state index in [2.05, 4.69) is 119 Å². The van der Waals surface area contributed by atoms with Gasteiger partial charge in [-0.05, 0) is 29.3 Å². The first-order chi connectivity index (χ1) is 16.3. The first kappa shape index (κ1) is 19.5. The number of hydrogen-bond donors (Lipinski definition) is 0. The zero-order chi connectivity index (χ0) is 21.9. The number of thiophene rings is 2. The fraction of sp³-hybridized carbons (Fsp3) is 0. The second-order valence-corrected chi connectivity index (χ2v) is 11.2. The van der Waals surface area contributed by atoms with Crippen LogP contribution in [0.1, 0.15) is 0 Å². The molecule has 2 aromatic heterocycles. The summed E-state index contributed by atoms with van der Waals surface area (Å²) < 4.78 is 6.54. The van der Waals surface area contributed by atoms with E-state index in [9.17, 15) is 0 Å². The van der Waals surface area contributed by atoms with E-state index in [0.29, 0.717) is 0 Å². The molecular formula is C30H17BrS2. The minimum absolute atomic E-state index is 1.11. The molecule has 0 aliphatic rings. The van der Waals surface area contributed by atoms with Gasteiger partial charge in [0.25, 0.3) is 0 Å². The average molecular weight is 522 g/mol. The van der Waals surface area contributed by atoms with Crippen molar-refractivity contribution in [3.63, 3.8) is 0 Å². The van der Waals surface area contributed by atoms with Crippen LogP contribution >= 0.6 is 38.6 Å². The highest BCUT2D eigenvalue weighted by molar-refractivity contribution is 9.10. The van der Waals surface area contributed by atoms with Gasteiger partial charge in [0.15, 0.2) is 0 Å². The van der Waals surface area contributed by atoms with Gasteiger partial charge in [0.2, 0.25) is 0 Å². The van der Waals surface area contributed by atoms with Gasteiger partial charge in [0.05, 0.1) is 0 Å². The van der Waals surface area contributed by atoms with Gasteiger partial charge in [-0.1, -0.05) is 101 Å². The van der Waals surface area contributed by atoms with Crippen LogP contribution in [0.5, 0.6) is 0 Å². The summed E-state index contributed by atoms with van der Waals surface area (Å²) in [6.45, 7) is 0. The largest absolute Gasteiger partial charge is 0.135 e. The van der Waals surface area contributed by atoms with Crippen molar-refractivity contribution in [1.82, 2.24) is 0 Å². The molecule has 0 aliphatic carbocycles. The fourth-order valence-electron chi connectivity index (χ4n) is 4.85. The maximum absolute atomic E-state index is 3.57. The van der Waals surface area contributed by atoms with Crippen LogP contribution in [-0.2, 0) is 0 Å². The molecule has 0 nitrogen and oxygen atoms in total. The molecule has 0 unspecified atom stereocenters. The van der Waals surface area contributed by atoms with Gasteiger partial charge in [0, 0.05) is 55.9 Å². The van der Waals surface area contributed by atoms with Crippen LogP contribution in [0.4, 0.5) is 0 Å². The minimum atomic E-state index is 1.11. The van der Waals surface area contributed by atoms with Crippen molar-refractivity contribution in [1.29, 1.82) is 0 Å². The number of benzene rings is 5. The molecule has 2 heterocycles. The zero-order valence-electron chi connectivity index (χ0n) is 17.5. The molecule has 33 heavy (non-hydrogen) atoms. The molecule has 156 valence electrons. The van der Waals surface area contributed by atoms with Crippen molar-refractivity contribution in [3.8, 4) is 22.3 Å². The van der Waals surface area contributed by atoms with E-state index in [-0.39, 0.29) is 0 Å². The van der Waals surface area contributed by atoms with E-state index < -0.39 is 0 Å². The Morgan fingerprint density at radius 3 is 1.64 bits per heavy atom. The van der Waals surface area contributed by atoms with Crippen molar-refractivity contribution in [2.45, 2.75) is 0 Å². The molecule has 0 N–H and O–H groups in total. The molecule has 3 heteroatoms. The van der Waals surface area contributed by atoms with Gasteiger partial charge >= 0.3 is 0 Å². The summed E-state index contributed by atoms with van der Waals surface area (Å²) in [7, 11) is 0. The Balaban J connectivity index is 1.54. The summed E-state index contributed by atoms with van der Waals surface area (Å²) in [6.07, 6.45) is 0. The Morgan fingerprint density at radius 1 is 0.424 bits per heavy atom. The Bertz CT molecular complexity index is 1820. The monoisotopic (exact) mass is 520 g/mol. The van der Waals surface area contributed by atoms with Crippen LogP contribution in [0, 0.1) is 0 Å². The number of fused-ring (bicyclic) bond motifs is 6. The molecule has 5 aromatic carbocycles. The van der Waals surface area contributed by atoms with Crippen molar-refractivity contribution in [3.05, 3.63) is 108 Å². The highest BCUT2D eigenvalue weighted by atomic mass is 79.9. The first-order valence-electron chi connectivity index (χ1n) is 10.9. The highest BCUT2D eigenvalue weighted by Crippen LogP contribution is 2.46. The summed E-state index contributed by atoms with van der Waals surface area (Å²) in [4.78, 5) is 0. The van der Waals surface area contributed by atoms with Crippen LogP contribution in [0.25, 0.3) is 62.6 Å². The minimum Gasteiger partial charge on any atom is -0.135 e. The van der Waals surface area contributed by atoms with Crippen LogP contribution < -0.4 is 0 Å². The van der Waals surface area contributed by atoms with Gasteiger partial charge < -0.3 is 0 Å². The van der Waals surface area contributed by atoms with E-state index in [1.165, 1.54) is 62.6 Å². The molecule has 7 rings (SSSR count). The summed E-state index contributed by atoms with van der Waals surface area (Å²) >= 11 is 7.38. The lowest BCUT2D eigenvalue weighted by Crippen LogP contribution is -1.79. The molecular weight excluding hydrogens is 504 g/mol. The number of hydrogen-bond acceptors (Lipinski definition) is 2. The first-order valence-corrected chi connectivity index (χ1v) is 13.3. The van der Waals surface area contributed by atoms with E-state index in [1.807, 2.05) is 22.7 Å². The van der Waals surface area contributed by atoms with Crippen molar-refractivity contribution in [2.75, 3.05) is 0 Å². The third-order valence-electron chi connectivity index (χ3n) is 6.37. The Hall–Kier alpha value is -2.98. The predicted octanol–water partition coefficient (Wildman–Crippen LogP) is 10.5. The smallest absolute Gasteiger partial charge is 0.0434 e. The predicted molar refractivity (Wildman–Crippen MR) is 151 cm³/mol. The molecule has 0 saturated heterocycles. The van der Waals surface area contributed by atoms with Gasteiger partial charge in [0.1, 0.15) is 0 Å². The molecule has 0 bridgehead atoms. The Kier molecular flexibility index (Phi) is 4.44. The molecule has 0 radical (unpaired) electrons. The zero-order valence-corrected chi connectivity index (χ0v) is 20.7. The SMILES string of the molecule is Brc1ccc(-c2cccc3c2sc2c(-c4cccc5c4sc4ccccc45)cccc23)cc1. The van der Waals surface area contributed by atoms with Crippen LogP contribution in [-0.4, -0.2) is 0 Å². The number of rotatable bonds is 2. The van der Waals surface area contributed by atoms with Crippen LogP contribution in [0.3, 0.4) is 0 Å². The summed E-state index contributed by atoms with van der Waals surface area (Å²) in [5.41, 5.74) is 5.21. The van der Waals surface area contributed by atoms with Crippen molar-refractivity contribution >= 4 is 78.9 Å². The van der Waals surface area contributed by atoms with E-state index in [0.717, 1.165) is 4.47 Å². The number of halogens is 1. The van der Waals surface area contributed by atoms with Gasteiger partial charge in [-0.3, -0.25) is 0 Å². The van der Waals surface area contributed by atoms with Crippen molar-refractivity contribution in [2.24, 2.45) is 0 Å². The van der Waals surface area contributed by atoms with Crippen LogP contribution in [0.2, 0.25) is 0 Å². The second kappa shape index (κ2) is 7.53. The lowest BCUT2D eigenvalue weighted by atomic mass is 9.99. The second-order valence-electron chi connectivity index (χ2n) is 8.25. The highest BCUT2D eigenvalue weighted by Gasteiger charge is 2.16. The molecule has 0 spiro atoms. The Labute approximate surface area is 207 Å². The lowest BCUT2D eigenvalue weighted by Gasteiger charge is -2.05. The lowest BCUT2D eigenvalue weighted by molar-refractivity contribution is 1.63. The molecule has 0 aliphatic heterocycles. The summed E-state index contributed by atoms with van der Waals surface area (Å²) in [5, 5.41) is 5.37. The Morgan fingerprint density at radius 2 is 0.939 bits per heavy atom. The quantitative estimate of drug-likeness (QED) is 0.212. The van der Waals surface area contributed by atoms with E-state index >= 15 is 0 Å². The normalized spacial score (nSPS) is 11.8. The third-order valence-corrected chi connectivity index (χ3v) is 9.41. The third kappa shape index (κ3) is 3.00. The topological polar surface area (TPSA) is 0 Å².